The lowest BCUT2D eigenvalue weighted by atomic mass is 10.1. The molecule has 1 amide bonds. The maximum atomic E-state index is 11.9. The molecular formula is C11H14N2O5S. The zero-order chi connectivity index (χ0) is 14.2. The lowest BCUT2D eigenvalue weighted by Gasteiger charge is -2.15. The highest BCUT2D eigenvalue weighted by molar-refractivity contribution is 7.91. The number of hydrogen-bond donors (Lipinski definition) is 3. The predicted molar refractivity (Wildman–Crippen MR) is 66.6 cm³/mol. The number of pyridine rings is 1. The number of amides is 1. The number of carbonyl (C=O) groups is 1. The first kappa shape index (κ1) is 13.8. The van der Waals surface area contributed by atoms with Crippen molar-refractivity contribution in [2.45, 2.75) is 19.1 Å². The van der Waals surface area contributed by atoms with Gasteiger partial charge >= 0.3 is 0 Å². The van der Waals surface area contributed by atoms with Crippen LogP contribution in [0.25, 0.3) is 0 Å². The molecule has 7 nitrogen and oxygen atoms in total. The highest BCUT2D eigenvalue weighted by Gasteiger charge is 2.37. The summed E-state index contributed by atoms with van der Waals surface area (Å²) in [4.78, 5) is 15.7. The number of hydrogen-bond acceptors (Lipinski definition) is 6. The van der Waals surface area contributed by atoms with Gasteiger partial charge in [0.15, 0.2) is 9.84 Å². The molecule has 0 unspecified atom stereocenters. The van der Waals surface area contributed by atoms with Gasteiger partial charge in [0.1, 0.15) is 5.75 Å². The first-order chi connectivity index (χ1) is 8.78. The van der Waals surface area contributed by atoms with Crippen LogP contribution in [0.1, 0.15) is 16.1 Å². The van der Waals surface area contributed by atoms with Crippen molar-refractivity contribution in [3.8, 4) is 5.75 Å². The second-order valence-corrected chi connectivity index (χ2v) is 6.72. The van der Waals surface area contributed by atoms with Crippen molar-refractivity contribution < 1.29 is 23.4 Å². The smallest absolute Gasteiger partial charge is 0.255 e. The number of aromatic nitrogens is 1. The Morgan fingerprint density at radius 3 is 2.74 bits per heavy atom. The summed E-state index contributed by atoms with van der Waals surface area (Å²) in [6.45, 7) is 1.66. The van der Waals surface area contributed by atoms with E-state index in [2.05, 4.69) is 10.3 Å². The van der Waals surface area contributed by atoms with E-state index in [4.69, 9.17) is 0 Å². The van der Waals surface area contributed by atoms with Gasteiger partial charge in [-0.2, -0.15) is 0 Å². The van der Waals surface area contributed by atoms with Crippen LogP contribution in [0, 0.1) is 6.92 Å². The lowest BCUT2D eigenvalue weighted by Crippen LogP contribution is -2.42. The predicted octanol–water partition coefficient (Wildman–Crippen LogP) is -1.02. The van der Waals surface area contributed by atoms with Crippen molar-refractivity contribution in [3.05, 3.63) is 23.5 Å². The molecule has 0 saturated carbocycles. The molecule has 1 saturated heterocycles. The van der Waals surface area contributed by atoms with Crippen molar-refractivity contribution in [1.29, 1.82) is 0 Å². The average molecular weight is 286 g/mol. The normalized spacial score (nSPS) is 25.2. The number of aliphatic hydroxyl groups is 1. The van der Waals surface area contributed by atoms with Crippen LogP contribution in [-0.4, -0.2) is 53.2 Å². The van der Waals surface area contributed by atoms with E-state index in [9.17, 15) is 23.4 Å². The van der Waals surface area contributed by atoms with Crippen molar-refractivity contribution in [2.75, 3.05) is 11.5 Å². The standard InChI is InChI=1S/C11H14N2O5S/c1-6-2-7(9(14)3-12-6)11(16)13-8-4-19(17,18)5-10(8)15/h2-3,8,10,14-15H,4-5H2,1H3,(H,13,16)/t8-,10-/m1/s1. The van der Waals surface area contributed by atoms with Crippen LogP contribution in [0.4, 0.5) is 0 Å². The molecule has 2 heterocycles. The molecule has 0 bridgehead atoms. The molecule has 0 aliphatic carbocycles. The molecule has 104 valence electrons. The molecule has 0 spiro atoms. The van der Waals surface area contributed by atoms with Crippen LogP contribution in [0.15, 0.2) is 12.3 Å². The highest BCUT2D eigenvalue weighted by atomic mass is 32.2. The minimum Gasteiger partial charge on any atom is -0.505 e. The lowest BCUT2D eigenvalue weighted by molar-refractivity contribution is 0.0886. The van der Waals surface area contributed by atoms with Crippen LogP contribution in [0.2, 0.25) is 0 Å². The van der Waals surface area contributed by atoms with Gasteiger partial charge in [-0.25, -0.2) is 8.42 Å². The zero-order valence-electron chi connectivity index (χ0n) is 10.2. The van der Waals surface area contributed by atoms with Crippen LogP contribution >= 0.6 is 0 Å². The number of aliphatic hydroxyl groups excluding tert-OH is 1. The summed E-state index contributed by atoms with van der Waals surface area (Å²) in [6.07, 6.45) is 0.0190. The maximum Gasteiger partial charge on any atom is 0.255 e. The number of aromatic hydroxyl groups is 1. The third-order valence-electron chi connectivity index (χ3n) is 2.90. The molecule has 1 aliphatic heterocycles. The molecule has 1 aromatic rings. The van der Waals surface area contributed by atoms with E-state index in [1.54, 1.807) is 6.92 Å². The number of aryl methyl sites for hydroxylation is 1. The fraction of sp³-hybridized carbons (Fsp3) is 0.455. The van der Waals surface area contributed by atoms with Crippen LogP contribution in [0.3, 0.4) is 0 Å². The summed E-state index contributed by atoms with van der Waals surface area (Å²) in [5.41, 5.74) is 0.548. The molecule has 19 heavy (non-hydrogen) atoms. The van der Waals surface area contributed by atoms with Gasteiger partial charge in [-0.05, 0) is 13.0 Å². The first-order valence-electron chi connectivity index (χ1n) is 5.63. The zero-order valence-corrected chi connectivity index (χ0v) is 11.0. The number of nitrogens with zero attached hydrogens (tertiary/aromatic N) is 1. The summed E-state index contributed by atoms with van der Waals surface area (Å²) in [6, 6.07) is 0.533. The van der Waals surface area contributed by atoms with Crippen molar-refractivity contribution in [3.63, 3.8) is 0 Å². The minimum atomic E-state index is -3.33. The van der Waals surface area contributed by atoms with E-state index in [0.717, 1.165) is 6.20 Å². The van der Waals surface area contributed by atoms with E-state index >= 15 is 0 Å². The highest BCUT2D eigenvalue weighted by Crippen LogP contribution is 2.18. The van der Waals surface area contributed by atoms with E-state index in [1.165, 1.54) is 6.07 Å². The molecule has 3 N–H and O–H groups in total. The summed E-state index contributed by atoms with van der Waals surface area (Å²) in [7, 11) is -3.33. The Balaban J connectivity index is 2.16. The summed E-state index contributed by atoms with van der Waals surface area (Å²) in [5, 5.41) is 21.5. The Bertz CT molecular complexity index is 614. The molecule has 8 heteroatoms. The molecule has 2 atom stereocenters. The Morgan fingerprint density at radius 2 is 2.16 bits per heavy atom. The minimum absolute atomic E-state index is 0.00370. The van der Waals surface area contributed by atoms with Gasteiger partial charge in [0.2, 0.25) is 0 Å². The van der Waals surface area contributed by atoms with Crippen molar-refractivity contribution >= 4 is 15.7 Å². The molecule has 1 aliphatic rings. The van der Waals surface area contributed by atoms with Crippen LogP contribution < -0.4 is 5.32 Å². The molecule has 1 fully saturated rings. The number of rotatable bonds is 2. The Morgan fingerprint density at radius 1 is 1.47 bits per heavy atom. The molecular weight excluding hydrogens is 272 g/mol. The number of nitrogens with one attached hydrogen (secondary N) is 1. The average Bonchev–Trinajstić information content (AvgIpc) is 2.55. The topological polar surface area (TPSA) is 117 Å². The molecule has 0 radical (unpaired) electrons. The first-order valence-corrected chi connectivity index (χ1v) is 7.45. The van der Waals surface area contributed by atoms with Gasteiger partial charge in [-0.1, -0.05) is 0 Å². The van der Waals surface area contributed by atoms with Gasteiger partial charge in [-0.15, -0.1) is 0 Å². The quantitative estimate of drug-likeness (QED) is 0.641. The third kappa shape index (κ3) is 3.02. The molecule has 2 rings (SSSR count). The number of sulfone groups is 1. The molecule has 0 aromatic carbocycles. The fourth-order valence-corrected chi connectivity index (χ4v) is 3.69. The second kappa shape index (κ2) is 4.78. The van der Waals surface area contributed by atoms with Gasteiger partial charge < -0.3 is 15.5 Å². The summed E-state index contributed by atoms with van der Waals surface area (Å²) >= 11 is 0. The van der Waals surface area contributed by atoms with Crippen LogP contribution in [0.5, 0.6) is 5.75 Å². The Kier molecular flexibility index (Phi) is 3.46. The van der Waals surface area contributed by atoms with E-state index in [1.807, 2.05) is 0 Å². The van der Waals surface area contributed by atoms with Crippen molar-refractivity contribution in [1.82, 2.24) is 10.3 Å². The van der Waals surface area contributed by atoms with Crippen LogP contribution in [-0.2, 0) is 9.84 Å². The third-order valence-corrected chi connectivity index (χ3v) is 4.62. The largest absolute Gasteiger partial charge is 0.505 e. The van der Waals surface area contributed by atoms with E-state index in [-0.39, 0.29) is 22.8 Å². The van der Waals surface area contributed by atoms with E-state index < -0.39 is 27.9 Å². The van der Waals surface area contributed by atoms with Gasteiger partial charge in [-0.3, -0.25) is 9.78 Å². The second-order valence-electron chi connectivity index (χ2n) is 4.57. The molecule has 1 aromatic heterocycles. The maximum absolute atomic E-state index is 11.9. The Hall–Kier alpha value is -1.67. The van der Waals surface area contributed by atoms with Gasteiger partial charge in [0, 0.05) is 5.69 Å². The fourth-order valence-electron chi connectivity index (χ4n) is 1.95. The summed E-state index contributed by atoms with van der Waals surface area (Å²) in [5.74, 6) is -1.59. The SMILES string of the molecule is Cc1cc(C(=O)N[C@@H]2CS(=O)(=O)C[C@H]2O)c(O)cn1. The number of carbonyl (C=O) groups excluding carboxylic acids is 1. The van der Waals surface area contributed by atoms with Gasteiger partial charge in [0.05, 0.1) is 35.4 Å². The van der Waals surface area contributed by atoms with E-state index in [0.29, 0.717) is 5.69 Å². The monoisotopic (exact) mass is 286 g/mol. The summed E-state index contributed by atoms with van der Waals surface area (Å²) < 4.78 is 22.6. The van der Waals surface area contributed by atoms with Crippen molar-refractivity contribution in [2.24, 2.45) is 0 Å². The Labute approximate surface area is 110 Å². The van der Waals surface area contributed by atoms with Gasteiger partial charge in [0.25, 0.3) is 5.91 Å².